The molecule has 1 aliphatic heterocycles. The summed E-state index contributed by atoms with van der Waals surface area (Å²) in [6.45, 7) is 3.95. The molecule has 0 aromatic carbocycles. The highest BCUT2D eigenvalue weighted by molar-refractivity contribution is 5.86. The molecule has 0 amide bonds. The second-order valence-corrected chi connectivity index (χ2v) is 4.96. The van der Waals surface area contributed by atoms with Crippen molar-refractivity contribution in [3.63, 3.8) is 0 Å². The van der Waals surface area contributed by atoms with Gasteiger partial charge in [0, 0.05) is 39.3 Å². The molecule has 0 saturated carbocycles. The first-order valence-corrected chi connectivity index (χ1v) is 6.41. The van der Waals surface area contributed by atoms with Gasteiger partial charge in [0.2, 0.25) is 0 Å². The quantitative estimate of drug-likeness (QED) is 0.726. The number of aromatic nitrogens is 3. The second-order valence-electron chi connectivity index (χ2n) is 4.96. The number of nitrogens with zero attached hydrogens (tertiary/aromatic N) is 5. The molecular formula is C13H17N5O. The molecule has 3 heterocycles. The van der Waals surface area contributed by atoms with Crippen molar-refractivity contribution in [2.45, 2.75) is 0 Å². The van der Waals surface area contributed by atoms with E-state index in [9.17, 15) is 4.79 Å². The molecule has 0 atom stereocenters. The Morgan fingerprint density at radius 1 is 1.05 bits per heavy atom. The molecule has 1 aliphatic rings. The topological polar surface area (TPSA) is 54.3 Å². The van der Waals surface area contributed by atoms with Crippen LogP contribution in [0.15, 0.2) is 23.3 Å². The fourth-order valence-corrected chi connectivity index (χ4v) is 2.43. The van der Waals surface area contributed by atoms with Crippen LogP contribution in [0.2, 0.25) is 0 Å². The minimum Gasteiger partial charge on any atom is -0.353 e. The molecule has 2 aromatic rings. The van der Waals surface area contributed by atoms with E-state index in [1.54, 1.807) is 17.7 Å². The summed E-state index contributed by atoms with van der Waals surface area (Å²) in [5.74, 6) is 0.925. The summed E-state index contributed by atoms with van der Waals surface area (Å²) in [6.07, 6.45) is 1.54. The van der Waals surface area contributed by atoms with Gasteiger partial charge in [0.05, 0.1) is 5.39 Å². The monoisotopic (exact) mass is 259 g/mol. The summed E-state index contributed by atoms with van der Waals surface area (Å²) < 4.78 is 1.57. The largest absolute Gasteiger partial charge is 0.353 e. The number of pyridine rings is 1. The lowest BCUT2D eigenvalue weighted by Crippen LogP contribution is -2.45. The number of likely N-dealkylation sites (N-methyl/N-ethyl adjacent to an activating group) is 1. The van der Waals surface area contributed by atoms with Gasteiger partial charge in [-0.25, -0.2) is 9.97 Å². The van der Waals surface area contributed by atoms with E-state index in [1.807, 2.05) is 6.07 Å². The van der Waals surface area contributed by atoms with Crippen LogP contribution in [0.25, 0.3) is 11.0 Å². The number of fused-ring (bicyclic) bond motifs is 1. The van der Waals surface area contributed by atoms with Gasteiger partial charge in [-0.2, -0.15) is 0 Å². The number of piperazine rings is 1. The molecule has 3 rings (SSSR count). The van der Waals surface area contributed by atoms with Crippen LogP contribution in [0.3, 0.4) is 0 Å². The number of aryl methyl sites for hydroxylation is 1. The van der Waals surface area contributed by atoms with E-state index in [0.29, 0.717) is 5.65 Å². The lowest BCUT2D eigenvalue weighted by Gasteiger charge is -2.33. The summed E-state index contributed by atoms with van der Waals surface area (Å²) in [7, 11) is 3.87. The van der Waals surface area contributed by atoms with E-state index in [0.717, 1.165) is 37.4 Å². The maximum absolute atomic E-state index is 11.6. The van der Waals surface area contributed by atoms with Crippen LogP contribution in [-0.2, 0) is 7.05 Å². The standard InChI is InChI=1S/C13H17N5O/c1-16-5-7-18(8-6-16)13-10-3-4-11(19)17(2)12(10)14-9-15-13/h3-4,9H,5-8H2,1-2H3. The Morgan fingerprint density at radius 3 is 2.53 bits per heavy atom. The molecule has 0 N–H and O–H groups in total. The highest BCUT2D eigenvalue weighted by Gasteiger charge is 2.18. The lowest BCUT2D eigenvalue weighted by molar-refractivity contribution is 0.312. The van der Waals surface area contributed by atoms with Crippen molar-refractivity contribution in [3.8, 4) is 0 Å². The summed E-state index contributed by atoms with van der Waals surface area (Å²) in [5.41, 5.74) is 0.645. The van der Waals surface area contributed by atoms with Crippen LogP contribution >= 0.6 is 0 Å². The molecule has 6 heteroatoms. The highest BCUT2D eigenvalue weighted by Crippen LogP contribution is 2.22. The van der Waals surface area contributed by atoms with Gasteiger partial charge in [0.1, 0.15) is 17.8 Å². The van der Waals surface area contributed by atoms with Gasteiger partial charge in [0.15, 0.2) is 0 Å². The zero-order chi connectivity index (χ0) is 13.4. The van der Waals surface area contributed by atoms with Crippen LogP contribution in [-0.4, -0.2) is 52.7 Å². The normalized spacial score (nSPS) is 17.1. The van der Waals surface area contributed by atoms with Gasteiger partial charge < -0.3 is 9.80 Å². The molecule has 0 spiro atoms. The van der Waals surface area contributed by atoms with Gasteiger partial charge in [-0.15, -0.1) is 0 Å². The zero-order valence-electron chi connectivity index (χ0n) is 11.2. The molecule has 0 aliphatic carbocycles. The Hall–Kier alpha value is -1.95. The Labute approximate surface area is 111 Å². The minimum absolute atomic E-state index is 0.0458. The van der Waals surface area contributed by atoms with Crippen molar-refractivity contribution in [1.29, 1.82) is 0 Å². The van der Waals surface area contributed by atoms with Gasteiger partial charge in [0.25, 0.3) is 5.56 Å². The first-order chi connectivity index (χ1) is 9.16. The molecule has 2 aromatic heterocycles. The minimum atomic E-state index is -0.0458. The number of hydrogen-bond donors (Lipinski definition) is 0. The third kappa shape index (κ3) is 2.08. The average Bonchev–Trinajstić information content (AvgIpc) is 2.43. The lowest BCUT2D eigenvalue weighted by atomic mass is 10.2. The van der Waals surface area contributed by atoms with Gasteiger partial charge in [-0.3, -0.25) is 9.36 Å². The fourth-order valence-electron chi connectivity index (χ4n) is 2.43. The Balaban J connectivity index is 2.09. The SMILES string of the molecule is CN1CCN(c2ncnc3c2ccc(=O)n3C)CC1. The predicted octanol–water partition coefficient (Wildman–Crippen LogP) is 0.0803. The van der Waals surface area contributed by atoms with Gasteiger partial charge in [-0.05, 0) is 13.1 Å². The first kappa shape index (κ1) is 12.1. The third-order valence-corrected chi connectivity index (χ3v) is 3.69. The van der Waals surface area contributed by atoms with Crippen LogP contribution in [0.1, 0.15) is 0 Å². The maximum Gasteiger partial charge on any atom is 0.251 e. The zero-order valence-corrected chi connectivity index (χ0v) is 11.2. The Morgan fingerprint density at radius 2 is 1.79 bits per heavy atom. The van der Waals surface area contributed by atoms with Crippen molar-refractivity contribution >= 4 is 16.9 Å². The van der Waals surface area contributed by atoms with E-state index >= 15 is 0 Å². The molecule has 0 bridgehead atoms. The van der Waals surface area contributed by atoms with Crippen molar-refractivity contribution in [3.05, 3.63) is 28.8 Å². The van der Waals surface area contributed by atoms with Crippen LogP contribution in [0.5, 0.6) is 0 Å². The fraction of sp³-hybridized carbons (Fsp3) is 0.462. The van der Waals surface area contributed by atoms with Crippen LogP contribution < -0.4 is 10.5 Å². The summed E-state index contributed by atoms with van der Waals surface area (Å²) in [5, 5.41) is 0.939. The van der Waals surface area contributed by atoms with E-state index in [1.165, 1.54) is 6.33 Å². The first-order valence-electron chi connectivity index (χ1n) is 6.41. The van der Waals surface area contributed by atoms with Crippen molar-refractivity contribution in [1.82, 2.24) is 19.4 Å². The van der Waals surface area contributed by atoms with E-state index in [-0.39, 0.29) is 5.56 Å². The molecular weight excluding hydrogens is 242 g/mol. The van der Waals surface area contributed by atoms with Gasteiger partial charge in [-0.1, -0.05) is 0 Å². The number of hydrogen-bond acceptors (Lipinski definition) is 5. The molecule has 1 fully saturated rings. The molecule has 100 valence electrons. The van der Waals surface area contributed by atoms with E-state index in [2.05, 4.69) is 26.8 Å². The smallest absolute Gasteiger partial charge is 0.251 e. The van der Waals surface area contributed by atoms with Crippen molar-refractivity contribution < 1.29 is 0 Å². The highest BCUT2D eigenvalue weighted by atomic mass is 16.1. The molecule has 19 heavy (non-hydrogen) atoms. The maximum atomic E-state index is 11.6. The number of anilines is 1. The summed E-state index contributed by atoms with van der Waals surface area (Å²) >= 11 is 0. The molecule has 6 nitrogen and oxygen atoms in total. The number of rotatable bonds is 1. The molecule has 1 saturated heterocycles. The van der Waals surface area contributed by atoms with Crippen LogP contribution in [0.4, 0.5) is 5.82 Å². The molecule has 0 unspecified atom stereocenters. The average molecular weight is 259 g/mol. The Kier molecular flexibility index (Phi) is 2.94. The molecule has 0 radical (unpaired) electrons. The van der Waals surface area contributed by atoms with Crippen molar-refractivity contribution in [2.75, 3.05) is 38.1 Å². The third-order valence-electron chi connectivity index (χ3n) is 3.69. The predicted molar refractivity (Wildman–Crippen MR) is 74.5 cm³/mol. The second kappa shape index (κ2) is 4.62. The van der Waals surface area contributed by atoms with Crippen molar-refractivity contribution in [2.24, 2.45) is 7.05 Å². The van der Waals surface area contributed by atoms with Crippen LogP contribution in [0, 0.1) is 0 Å². The summed E-state index contributed by atoms with van der Waals surface area (Å²) in [6, 6.07) is 3.40. The summed E-state index contributed by atoms with van der Waals surface area (Å²) in [4.78, 5) is 24.8. The Bertz CT molecular complexity index is 658. The van der Waals surface area contributed by atoms with E-state index in [4.69, 9.17) is 0 Å². The van der Waals surface area contributed by atoms with Gasteiger partial charge >= 0.3 is 0 Å². The van der Waals surface area contributed by atoms with E-state index < -0.39 is 0 Å².